The fourth-order valence-corrected chi connectivity index (χ4v) is 1.14. The van der Waals surface area contributed by atoms with Gasteiger partial charge in [-0.2, -0.15) is 0 Å². The van der Waals surface area contributed by atoms with Crippen LogP contribution in [0.25, 0.3) is 0 Å². The van der Waals surface area contributed by atoms with E-state index >= 15 is 0 Å². The van der Waals surface area contributed by atoms with Crippen LogP contribution >= 0.6 is 0 Å². The van der Waals surface area contributed by atoms with Crippen LogP contribution in [0.5, 0.6) is 0 Å². The van der Waals surface area contributed by atoms with E-state index in [0.29, 0.717) is 5.56 Å². The lowest BCUT2D eigenvalue weighted by atomic mass is 10.2. The van der Waals surface area contributed by atoms with Crippen LogP contribution < -0.4 is 0 Å². The molecule has 0 aromatic heterocycles. The van der Waals surface area contributed by atoms with E-state index in [-0.39, 0.29) is 0 Å². The summed E-state index contributed by atoms with van der Waals surface area (Å²) < 4.78 is 12.0. The number of halogens is 1. The third kappa shape index (κ3) is 5.04. The largest absolute Gasteiger partial charge is 0.360 e. The van der Waals surface area contributed by atoms with Gasteiger partial charge in [-0.05, 0) is 0 Å². The van der Waals surface area contributed by atoms with Crippen LogP contribution in [0.2, 0.25) is 0 Å². The number of hydrogen-bond acceptors (Lipinski definition) is 2. The maximum Gasteiger partial charge on any atom is 0.222 e. The molecule has 17 heavy (non-hydrogen) atoms. The molecule has 0 saturated carbocycles. The molecule has 0 bridgehead atoms. The van der Waals surface area contributed by atoms with Crippen molar-refractivity contribution < 1.29 is 14.3 Å². The van der Waals surface area contributed by atoms with E-state index in [1.54, 1.807) is 30.3 Å². The Morgan fingerprint density at radius 2 is 1.41 bits per heavy atom. The molecule has 0 fully saturated rings. The van der Waals surface area contributed by atoms with Crippen molar-refractivity contribution in [2.75, 3.05) is 0 Å². The molecule has 0 amide bonds. The monoisotopic (exact) mass is 232 g/mol. The Balaban J connectivity index is 0.000000171. The molecule has 0 aliphatic carbocycles. The van der Waals surface area contributed by atoms with Crippen molar-refractivity contribution in [3.05, 3.63) is 71.8 Å². The molecule has 2 aromatic carbocycles. The second-order valence-electron chi connectivity index (χ2n) is 3.28. The van der Waals surface area contributed by atoms with Gasteiger partial charge in [0.1, 0.15) is 6.29 Å². The first-order valence-corrected chi connectivity index (χ1v) is 5.11. The predicted octanol–water partition coefficient (Wildman–Crippen LogP) is 3.15. The fraction of sp³-hybridized carbons (Fsp3) is 0.0714. The summed E-state index contributed by atoms with van der Waals surface area (Å²) in [6, 6.07) is 17.3. The lowest BCUT2D eigenvalue weighted by Crippen LogP contribution is -1.85. The van der Waals surface area contributed by atoms with Crippen molar-refractivity contribution in [2.45, 2.75) is 6.36 Å². The van der Waals surface area contributed by atoms with Crippen LogP contribution in [0.4, 0.5) is 4.39 Å². The highest BCUT2D eigenvalue weighted by atomic mass is 19.1. The third-order valence-corrected chi connectivity index (χ3v) is 2.01. The first kappa shape index (κ1) is 13.1. The van der Waals surface area contributed by atoms with E-state index in [0.717, 1.165) is 11.8 Å². The van der Waals surface area contributed by atoms with Gasteiger partial charge in [0.15, 0.2) is 0 Å². The molecule has 0 radical (unpaired) electrons. The fourth-order valence-electron chi connectivity index (χ4n) is 1.14. The predicted molar refractivity (Wildman–Crippen MR) is 64.3 cm³/mol. The number of aliphatic hydroxyl groups excluding tert-OH is 1. The highest BCUT2D eigenvalue weighted by Gasteiger charge is 1.99. The maximum absolute atomic E-state index is 12.0. The molecular weight excluding hydrogens is 219 g/mol. The Labute approximate surface area is 99.3 Å². The van der Waals surface area contributed by atoms with Crippen molar-refractivity contribution in [3.8, 4) is 0 Å². The summed E-state index contributed by atoms with van der Waals surface area (Å²) in [5, 5.41) is 8.36. The minimum atomic E-state index is -1.84. The zero-order chi connectivity index (χ0) is 12.5. The van der Waals surface area contributed by atoms with Gasteiger partial charge >= 0.3 is 0 Å². The van der Waals surface area contributed by atoms with Crippen molar-refractivity contribution in [2.24, 2.45) is 0 Å². The minimum Gasteiger partial charge on any atom is -0.360 e. The van der Waals surface area contributed by atoms with Gasteiger partial charge in [0.25, 0.3) is 0 Å². The van der Waals surface area contributed by atoms with Crippen molar-refractivity contribution in [1.82, 2.24) is 0 Å². The molecule has 2 aromatic rings. The zero-order valence-corrected chi connectivity index (χ0v) is 9.16. The summed E-state index contributed by atoms with van der Waals surface area (Å²) in [5.41, 5.74) is 1.03. The highest BCUT2D eigenvalue weighted by molar-refractivity contribution is 5.74. The highest BCUT2D eigenvalue weighted by Crippen LogP contribution is 2.11. The van der Waals surface area contributed by atoms with E-state index in [4.69, 9.17) is 5.11 Å². The first-order chi connectivity index (χ1) is 8.24. The Bertz CT molecular complexity index is 426. The van der Waals surface area contributed by atoms with Crippen molar-refractivity contribution in [3.63, 3.8) is 0 Å². The number of rotatable bonds is 2. The Morgan fingerprint density at radius 3 is 1.71 bits per heavy atom. The molecule has 3 heteroatoms. The number of aldehydes is 1. The van der Waals surface area contributed by atoms with Crippen molar-refractivity contribution in [1.29, 1.82) is 0 Å². The normalized spacial score (nSPS) is 10.9. The molecule has 2 nitrogen and oxygen atoms in total. The Morgan fingerprint density at radius 1 is 0.941 bits per heavy atom. The van der Waals surface area contributed by atoms with Crippen LogP contribution in [-0.2, 0) is 0 Å². The summed E-state index contributed by atoms with van der Waals surface area (Å²) in [6.07, 6.45) is -1.01. The average Bonchev–Trinajstić information content (AvgIpc) is 2.41. The number of carbonyl (C=O) groups excluding carboxylic acids is 1. The van der Waals surface area contributed by atoms with Gasteiger partial charge in [-0.1, -0.05) is 60.7 Å². The molecule has 88 valence electrons. The quantitative estimate of drug-likeness (QED) is 0.807. The van der Waals surface area contributed by atoms with Gasteiger partial charge in [0, 0.05) is 11.1 Å². The second-order valence-corrected chi connectivity index (χ2v) is 3.28. The smallest absolute Gasteiger partial charge is 0.222 e. The number of alkyl halides is 1. The van der Waals surface area contributed by atoms with Gasteiger partial charge in [-0.3, -0.25) is 4.79 Å². The molecule has 0 spiro atoms. The van der Waals surface area contributed by atoms with Crippen LogP contribution in [0, 0.1) is 0 Å². The van der Waals surface area contributed by atoms with E-state index in [1.165, 1.54) is 12.1 Å². The topological polar surface area (TPSA) is 37.3 Å². The summed E-state index contributed by atoms with van der Waals surface area (Å²) in [5.74, 6) is 0. The molecule has 2 rings (SSSR count). The van der Waals surface area contributed by atoms with Gasteiger partial charge in [-0.15, -0.1) is 0 Å². The van der Waals surface area contributed by atoms with E-state index in [1.807, 2.05) is 18.2 Å². The molecule has 1 unspecified atom stereocenters. The van der Waals surface area contributed by atoms with E-state index in [2.05, 4.69) is 0 Å². The van der Waals surface area contributed by atoms with Crippen molar-refractivity contribution >= 4 is 6.29 Å². The van der Waals surface area contributed by atoms with Crippen LogP contribution in [-0.4, -0.2) is 11.4 Å². The Kier molecular flexibility index (Phi) is 5.61. The average molecular weight is 232 g/mol. The van der Waals surface area contributed by atoms with Crippen LogP contribution in [0.15, 0.2) is 60.7 Å². The summed E-state index contributed by atoms with van der Waals surface area (Å²) in [4.78, 5) is 10.0. The maximum atomic E-state index is 12.0. The minimum absolute atomic E-state index is 0.303. The van der Waals surface area contributed by atoms with Crippen LogP contribution in [0.1, 0.15) is 22.3 Å². The number of benzene rings is 2. The summed E-state index contributed by atoms with van der Waals surface area (Å²) >= 11 is 0. The molecule has 0 aliphatic rings. The molecule has 0 aliphatic heterocycles. The number of hydrogen-bond donors (Lipinski definition) is 1. The lowest BCUT2D eigenvalue weighted by molar-refractivity contribution is 0.0411. The van der Waals surface area contributed by atoms with E-state index in [9.17, 15) is 9.18 Å². The van der Waals surface area contributed by atoms with Gasteiger partial charge in [-0.25, -0.2) is 4.39 Å². The Hall–Kier alpha value is -2.00. The first-order valence-electron chi connectivity index (χ1n) is 5.11. The molecule has 1 atom stereocenters. The standard InChI is InChI=1S/C7H7FO.C7H6O/c8-7(9)6-4-2-1-3-5-6;8-6-7-4-2-1-3-5-7/h1-5,7,9H;1-6H. The third-order valence-electron chi connectivity index (χ3n) is 2.01. The van der Waals surface area contributed by atoms with Gasteiger partial charge < -0.3 is 5.11 Å². The molecular formula is C14H13FO2. The summed E-state index contributed by atoms with van der Waals surface area (Å²) in [6.45, 7) is 0. The number of carbonyl (C=O) groups is 1. The molecule has 1 N–H and O–H groups in total. The second kappa shape index (κ2) is 7.30. The number of aliphatic hydroxyl groups is 1. The van der Waals surface area contributed by atoms with E-state index < -0.39 is 6.36 Å². The van der Waals surface area contributed by atoms with Gasteiger partial charge in [0.2, 0.25) is 6.36 Å². The summed E-state index contributed by atoms with van der Waals surface area (Å²) in [7, 11) is 0. The molecule has 0 saturated heterocycles. The lowest BCUT2D eigenvalue weighted by Gasteiger charge is -1.97. The molecule has 0 heterocycles. The van der Waals surface area contributed by atoms with Crippen LogP contribution in [0.3, 0.4) is 0 Å². The van der Waals surface area contributed by atoms with Gasteiger partial charge in [0.05, 0.1) is 0 Å². The zero-order valence-electron chi connectivity index (χ0n) is 9.16. The SMILES string of the molecule is O=Cc1ccccc1.OC(F)c1ccccc1.